The zero-order valence-electron chi connectivity index (χ0n) is 9.27. The third-order valence-corrected chi connectivity index (χ3v) is 3.20. The second-order valence-electron chi connectivity index (χ2n) is 5.40. The summed E-state index contributed by atoms with van der Waals surface area (Å²) < 4.78 is 0.336. The number of nitrogens with two attached hydrogens (primary N) is 1. The molecule has 0 rings (SSSR count). The number of hydrogen-bond donors (Lipinski definition) is 1. The van der Waals surface area contributed by atoms with E-state index in [4.69, 9.17) is 5.73 Å². The lowest BCUT2D eigenvalue weighted by molar-refractivity contribution is 0.343. The van der Waals surface area contributed by atoms with Gasteiger partial charge in [-0.2, -0.15) is 11.8 Å². The largest absolute Gasteiger partial charge is 0.326 e. The molecule has 1 unspecified atom stereocenters. The summed E-state index contributed by atoms with van der Waals surface area (Å²) in [6, 6.07) is 0.293. The third kappa shape index (κ3) is 5.90. The van der Waals surface area contributed by atoms with Crippen LogP contribution in [0.15, 0.2) is 0 Å². The second-order valence-corrected chi connectivity index (χ2v) is 7.24. The molecule has 1 nitrogen and oxygen atoms in total. The van der Waals surface area contributed by atoms with Crippen molar-refractivity contribution in [1.82, 2.24) is 0 Å². The lowest BCUT2D eigenvalue weighted by Crippen LogP contribution is -2.38. The Balaban J connectivity index is 3.80. The smallest absolute Gasteiger partial charge is 0.0179 e. The molecule has 0 saturated heterocycles. The van der Waals surface area contributed by atoms with Crippen molar-refractivity contribution in [2.45, 2.75) is 52.3 Å². The maximum atomic E-state index is 6.04. The summed E-state index contributed by atoms with van der Waals surface area (Å²) in [5.74, 6) is 1.05. The molecule has 0 aliphatic heterocycles. The summed E-state index contributed by atoms with van der Waals surface area (Å²) in [7, 11) is 0. The van der Waals surface area contributed by atoms with E-state index in [9.17, 15) is 0 Å². The van der Waals surface area contributed by atoms with Gasteiger partial charge >= 0.3 is 0 Å². The molecule has 0 saturated carbocycles. The molecule has 0 aliphatic carbocycles. The van der Waals surface area contributed by atoms with Crippen LogP contribution >= 0.6 is 11.8 Å². The third-order valence-electron chi connectivity index (χ3n) is 1.81. The van der Waals surface area contributed by atoms with E-state index in [1.807, 2.05) is 11.8 Å². The fourth-order valence-corrected chi connectivity index (χ4v) is 1.77. The minimum Gasteiger partial charge on any atom is -0.326 e. The van der Waals surface area contributed by atoms with Crippen molar-refractivity contribution in [3.05, 3.63) is 0 Å². The van der Waals surface area contributed by atoms with Crippen molar-refractivity contribution in [3.63, 3.8) is 0 Å². The molecule has 0 aromatic carbocycles. The van der Waals surface area contributed by atoms with Crippen molar-refractivity contribution in [3.8, 4) is 0 Å². The van der Waals surface area contributed by atoms with Gasteiger partial charge in [0.05, 0.1) is 0 Å². The van der Waals surface area contributed by atoms with Crippen LogP contribution in [0.2, 0.25) is 0 Å². The van der Waals surface area contributed by atoms with Gasteiger partial charge in [0.2, 0.25) is 0 Å². The van der Waals surface area contributed by atoms with Gasteiger partial charge in [0.1, 0.15) is 0 Å². The molecule has 0 aliphatic rings. The molecule has 0 amide bonds. The minimum atomic E-state index is 0.234. The van der Waals surface area contributed by atoms with Gasteiger partial charge < -0.3 is 5.73 Å². The Kier molecular flexibility index (Phi) is 4.12. The summed E-state index contributed by atoms with van der Waals surface area (Å²) in [6.45, 7) is 13.3. The lowest BCUT2D eigenvalue weighted by Gasteiger charge is -2.29. The van der Waals surface area contributed by atoms with Gasteiger partial charge in [-0.1, -0.05) is 41.5 Å². The molecule has 2 N–H and O–H groups in total. The Bertz CT molecular complexity index is 130. The quantitative estimate of drug-likeness (QED) is 0.723. The van der Waals surface area contributed by atoms with Gasteiger partial charge in [0.25, 0.3) is 0 Å². The minimum absolute atomic E-state index is 0.234. The Hall–Kier alpha value is 0.310. The first-order valence-corrected chi connectivity index (χ1v) is 5.51. The van der Waals surface area contributed by atoms with Gasteiger partial charge in [-0.05, 0) is 5.41 Å². The highest BCUT2D eigenvalue weighted by atomic mass is 32.2. The fourth-order valence-electron chi connectivity index (χ4n) is 0.590. The highest BCUT2D eigenvalue weighted by molar-refractivity contribution is 8.00. The van der Waals surface area contributed by atoms with Crippen molar-refractivity contribution >= 4 is 11.8 Å². The van der Waals surface area contributed by atoms with Gasteiger partial charge in [0, 0.05) is 16.5 Å². The first-order valence-electron chi connectivity index (χ1n) is 4.52. The standard InChI is InChI=1S/C10H23NS/c1-9(2,3)8(11)7-12-10(4,5)6/h8H,7,11H2,1-6H3. The zero-order valence-corrected chi connectivity index (χ0v) is 10.1. The average molecular weight is 189 g/mol. The number of rotatable bonds is 2. The van der Waals surface area contributed by atoms with E-state index in [-0.39, 0.29) is 5.41 Å². The Labute approximate surface area is 81.5 Å². The van der Waals surface area contributed by atoms with E-state index >= 15 is 0 Å². The highest BCUT2D eigenvalue weighted by Crippen LogP contribution is 2.28. The maximum Gasteiger partial charge on any atom is 0.0179 e. The Morgan fingerprint density at radius 1 is 1.08 bits per heavy atom. The van der Waals surface area contributed by atoms with E-state index < -0.39 is 0 Å². The molecule has 2 heteroatoms. The van der Waals surface area contributed by atoms with Crippen LogP contribution in [-0.2, 0) is 0 Å². The molecular formula is C10H23NS. The first kappa shape index (κ1) is 12.3. The van der Waals surface area contributed by atoms with Crippen LogP contribution in [-0.4, -0.2) is 16.5 Å². The van der Waals surface area contributed by atoms with Crippen LogP contribution in [0.5, 0.6) is 0 Å². The first-order chi connectivity index (χ1) is 5.13. The summed E-state index contributed by atoms with van der Waals surface area (Å²) in [5, 5.41) is 0. The predicted molar refractivity (Wildman–Crippen MR) is 59.6 cm³/mol. The van der Waals surface area contributed by atoms with Gasteiger partial charge in [-0.25, -0.2) is 0 Å². The predicted octanol–water partition coefficient (Wildman–Crippen LogP) is 2.89. The number of hydrogen-bond acceptors (Lipinski definition) is 2. The summed E-state index contributed by atoms with van der Waals surface area (Å²) in [4.78, 5) is 0. The normalized spacial score (nSPS) is 16.2. The van der Waals surface area contributed by atoms with E-state index in [0.29, 0.717) is 10.8 Å². The number of thioether (sulfide) groups is 1. The molecule has 74 valence electrons. The molecule has 1 atom stereocenters. The van der Waals surface area contributed by atoms with Gasteiger partial charge in [-0.15, -0.1) is 0 Å². The molecule has 0 radical (unpaired) electrons. The highest BCUT2D eigenvalue weighted by Gasteiger charge is 2.22. The summed E-state index contributed by atoms with van der Waals surface area (Å²) in [5.41, 5.74) is 6.27. The van der Waals surface area contributed by atoms with E-state index in [0.717, 1.165) is 5.75 Å². The monoisotopic (exact) mass is 189 g/mol. The SMILES string of the molecule is CC(C)(C)SCC(N)C(C)(C)C. The van der Waals surface area contributed by atoms with Crippen LogP contribution < -0.4 is 5.73 Å². The molecule has 0 fully saturated rings. The van der Waals surface area contributed by atoms with Crippen molar-refractivity contribution in [2.75, 3.05) is 5.75 Å². The molecule has 0 spiro atoms. The molecule has 0 bridgehead atoms. The maximum absolute atomic E-state index is 6.04. The fraction of sp³-hybridized carbons (Fsp3) is 1.00. The van der Waals surface area contributed by atoms with Crippen molar-refractivity contribution < 1.29 is 0 Å². The van der Waals surface area contributed by atoms with E-state index in [1.54, 1.807) is 0 Å². The molecule has 0 heterocycles. The molecular weight excluding hydrogens is 166 g/mol. The van der Waals surface area contributed by atoms with Gasteiger partial charge in [0.15, 0.2) is 0 Å². The second kappa shape index (κ2) is 4.01. The van der Waals surface area contributed by atoms with Crippen LogP contribution in [0.4, 0.5) is 0 Å². The summed E-state index contributed by atoms with van der Waals surface area (Å²) in [6.07, 6.45) is 0. The van der Waals surface area contributed by atoms with E-state index in [1.165, 1.54) is 0 Å². The lowest BCUT2D eigenvalue weighted by atomic mass is 9.89. The van der Waals surface area contributed by atoms with Gasteiger partial charge in [-0.3, -0.25) is 0 Å². The van der Waals surface area contributed by atoms with Crippen LogP contribution in [0.3, 0.4) is 0 Å². The topological polar surface area (TPSA) is 26.0 Å². The van der Waals surface area contributed by atoms with Crippen molar-refractivity contribution in [2.24, 2.45) is 11.1 Å². The van der Waals surface area contributed by atoms with Crippen LogP contribution in [0.1, 0.15) is 41.5 Å². The summed E-state index contributed by atoms with van der Waals surface area (Å²) >= 11 is 1.94. The average Bonchev–Trinajstić information content (AvgIpc) is 1.78. The Morgan fingerprint density at radius 3 is 1.75 bits per heavy atom. The molecule has 12 heavy (non-hydrogen) atoms. The zero-order chi connectivity index (χ0) is 9.99. The van der Waals surface area contributed by atoms with E-state index in [2.05, 4.69) is 41.5 Å². The van der Waals surface area contributed by atoms with Crippen LogP contribution in [0.25, 0.3) is 0 Å². The Morgan fingerprint density at radius 2 is 1.50 bits per heavy atom. The van der Waals surface area contributed by atoms with Crippen LogP contribution in [0, 0.1) is 5.41 Å². The molecule has 0 aromatic heterocycles. The molecule has 0 aromatic rings. The van der Waals surface area contributed by atoms with Crippen molar-refractivity contribution in [1.29, 1.82) is 0 Å².